The molecular weight excluding hydrogens is 198 g/mol. The van der Waals surface area contributed by atoms with E-state index in [4.69, 9.17) is 0 Å². The molecule has 0 aromatic rings. The van der Waals surface area contributed by atoms with Crippen LogP contribution in [0.3, 0.4) is 0 Å². The van der Waals surface area contributed by atoms with Crippen molar-refractivity contribution in [3.05, 3.63) is 0 Å². The van der Waals surface area contributed by atoms with E-state index in [0.717, 1.165) is 6.04 Å². The lowest BCUT2D eigenvalue weighted by molar-refractivity contribution is 0.173. The van der Waals surface area contributed by atoms with E-state index in [1.54, 1.807) is 0 Å². The molecule has 94 valence electrons. The Kier molecular flexibility index (Phi) is 3.88. The van der Waals surface area contributed by atoms with Crippen LogP contribution in [0.15, 0.2) is 0 Å². The zero-order chi connectivity index (χ0) is 11.6. The van der Waals surface area contributed by atoms with E-state index in [9.17, 15) is 0 Å². The highest BCUT2D eigenvalue weighted by Gasteiger charge is 2.36. The molecule has 0 aromatic heterocycles. The Bertz CT molecular complexity index is 221. The average molecular weight is 225 g/mol. The molecule has 0 aliphatic carbocycles. The van der Waals surface area contributed by atoms with E-state index < -0.39 is 0 Å². The molecule has 0 aromatic carbocycles. The van der Waals surface area contributed by atoms with Crippen molar-refractivity contribution in [1.29, 1.82) is 0 Å². The van der Waals surface area contributed by atoms with Crippen LogP contribution >= 0.6 is 0 Å². The third-order valence-corrected chi connectivity index (χ3v) is 4.62. The van der Waals surface area contributed by atoms with Gasteiger partial charge in [-0.3, -0.25) is 0 Å². The van der Waals surface area contributed by atoms with Gasteiger partial charge in [-0.05, 0) is 51.9 Å². The maximum absolute atomic E-state index is 3.53. The fraction of sp³-hybridized carbons (Fsp3) is 1.00. The Morgan fingerprint density at radius 2 is 2.25 bits per heavy atom. The van der Waals surface area contributed by atoms with E-state index in [1.165, 1.54) is 52.0 Å². The van der Waals surface area contributed by atoms with Crippen LogP contribution in [0.25, 0.3) is 0 Å². The zero-order valence-electron chi connectivity index (χ0n) is 11.1. The van der Waals surface area contributed by atoms with Gasteiger partial charge >= 0.3 is 0 Å². The third kappa shape index (κ3) is 2.58. The molecule has 0 saturated carbocycles. The van der Waals surface area contributed by atoms with Crippen LogP contribution in [0.5, 0.6) is 0 Å². The Morgan fingerprint density at radius 3 is 2.75 bits per heavy atom. The smallest absolute Gasteiger partial charge is 0.0229 e. The van der Waals surface area contributed by atoms with Gasteiger partial charge in [0, 0.05) is 25.7 Å². The number of nitrogens with zero attached hydrogens (tertiary/aromatic N) is 2. The predicted molar refractivity (Wildman–Crippen MR) is 68.7 cm³/mol. The molecule has 2 rings (SSSR count). The lowest BCUT2D eigenvalue weighted by Crippen LogP contribution is -2.39. The van der Waals surface area contributed by atoms with Crippen molar-refractivity contribution >= 4 is 0 Å². The summed E-state index contributed by atoms with van der Waals surface area (Å²) in [6.07, 6.45) is 4.04. The molecule has 2 atom stereocenters. The Morgan fingerprint density at radius 1 is 1.44 bits per heavy atom. The first-order valence-electron chi connectivity index (χ1n) is 6.75. The van der Waals surface area contributed by atoms with Gasteiger partial charge in [-0.25, -0.2) is 0 Å². The molecular formula is C13H27N3. The normalized spacial score (nSPS) is 36.4. The van der Waals surface area contributed by atoms with E-state index in [1.807, 2.05) is 0 Å². The second-order valence-electron chi connectivity index (χ2n) is 5.92. The standard InChI is InChI=1S/C13H27N3/c1-4-13(6-7-14-10-13)11-16-8-5-12(9-16)15(2)3/h12,14H,4-11H2,1-3H3. The van der Waals surface area contributed by atoms with Gasteiger partial charge in [0.25, 0.3) is 0 Å². The van der Waals surface area contributed by atoms with Crippen LogP contribution in [-0.2, 0) is 0 Å². The van der Waals surface area contributed by atoms with E-state index in [-0.39, 0.29) is 0 Å². The zero-order valence-corrected chi connectivity index (χ0v) is 11.1. The van der Waals surface area contributed by atoms with Gasteiger partial charge in [-0.1, -0.05) is 6.92 Å². The molecule has 2 aliphatic heterocycles. The first-order chi connectivity index (χ1) is 7.65. The van der Waals surface area contributed by atoms with Crippen LogP contribution in [0.2, 0.25) is 0 Å². The van der Waals surface area contributed by atoms with Gasteiger partial charge < -0.3 is 15.1 Å². The molecule has 1 N–H and O–H groups in total. The van der Waals surface area contributed by atoms with Crippen molar-refractivity contribution < 1.29 is 0 Å². The number of rotatable bonds is 4. The lowest BCUT2D eigenvalue weighted by atomic mass is 9.84. The molecule has 2 heterocycles. The van der Waals surface area contributed by atoms with Crippen molar-refractivity contribution in [2.24, 2.45) is 5.41 Å². The summed E-state index contributed by atoms with van der Waals surface area (Å²) < 4.78 is 0. The quantitative estimate of drug-likeness (QED) is 0.770. The molecule has 16 heavy (non-hydrogen) atoms. The Balaban J connectivity index is 1.86. The van der Waals surface area contributed by atoms with Crippen LogP contribution in [0.4, 0.5) is 0 Å². The van der Waals surface area contributed by atoms with Gasteiger partial charge in [0.1, 0.15) is 0 Å². The largest absolute Gasteiger partial charge is 0.316 e. The first kappa shape index (κ1) is 12.3. The van der Waals surface area contributed by atoms with Gasteiger partial charge in [-0.2, -0.15) is 0 Å². The number of likely N-dealkylation sites (tertiary alicyclic amines) is 1. The molecule has 0 spiro atoms. The minimum atomic E-state index is 0.571. The monoisotopic (exact) mass is 225 g/mol. The van der Waals surface area contributed by atoms with Gasteiger partial charge in [0.2, 0.25) is 0 Å². The fourth-order valence-corrected chi connectivity index (χ4v) is 3.20. The molecule has 2 saturated heterocycles. The summed E-state index contributed by atoms with van der Waals surface area (Å²) in [7, 11) is 4.42. The summed E-state index contributed by atoms with van der Waals surface area (Å²) in [5.74, 6) is 0. The van der Waals surface area contributed by atoms with Gasteiger partial charge in [0.05, 0.1) is 0 Å². The Hall–Kier alpha value is -0.120. The van der Waals surface area contributed by atoms with Crippen LogP contribution in [-0.4, -0.2) is 62.7 Å². The van der Waals surface area contributed by atoms with Crippen molar-refractivity contribution in [3.63, 3.8) is 0 Å². The molecule has 2 unspecified atom stereocenters. The maximum Gasteiger partial charge on any atom is 0.0229 e. The lowest BCUT2D eigenvalue weighted by Gasteiger charge is -2.32. The van der Waals surface area contributed by atoms with Gasteiger partial charge in [0.15, 0.2) is 0 Å². The molecule has 0 bridgehead atoms. The summed E-state index contributed by atoms with van der Waals surface area (Å²) >= 11 is 0. The second-order valence-corrected chi connectivity index (χ2v) is 5.92. The van der Waals surface area contributed by atoms with Crippen LogP contribution in [0.1, 0.15) is 26.2 Å². The van der Waals surface area contributed by atoms with E-state index >= 15 is 0 Å². The summed E-state index contributed by atoms with van der Waals surface area (Å²) in [6.45, 7) is 8.68. The summed E-state index contributed by atoms with van der Waals surface area (Å²) in [4.78, 5) is 5.06. The molecule has 2 aliphatic rings. The van der Waals surface area contributed by atoms with E-state index in [2.05, 4.69) is 36.1 Å². The van der Waals surface area contributed by atoms with Gasteiger partial charge in [-0.15, -0.1) is 0 Å². The molecule has 0 radical (unpaired) electrons. The number of likely N-dealkylation sites (N-methyl/N-ethyl adjacent to an activating group) is 1. The topological polar surface area (TPSA) is 18.5 Å². The molecule has 3 heteroatoms. The van der Waals surface area contributed by atoms with Crippen molar-refractivity contribution in [2.75, 3.05) is 46.8 Å². The number of nitrogens with one attached hydrogen (secondary N) is 1. The SMILES string of the molecule is CCC1(CN2CCC(N(C)C)C2)CCNC1. The minimum Gasteiger partial charge on any atom is -0.316 e. The Labute approximate surface area is 100 Å². The summed E-state index contributed by atoms with van der Waals surface area (Å²) in [5, 5.41) is 3.53. The minimum absolute atomic E-state index is 0.571. The highest BCUT2D eigenvalue weighted by atomic mass is 15.2. The van der Waals surface area contributed by atoms with Crippen molar-refractivity contribution in [1.82, 2.24) is 15.1 Å². The van der Waals surface area contributed by atoms with Crippen LogP contribution in [0, 0.1) is 5.41 Å². The average Bonchev–Trinajstić information content (AvgIpc) is 2.88. The highest BCUT2D eigenvalue weighted by Crippen LogP contribution is 2.31. The second kappa shape index (κ2) is 5.03. The third-order valence-electron chi connectivity index (χ3n) is 4.62. The summed E-state index contributed by atoms with van der Waals surface area (Å²) in [6, 6.07) is 0.781. The fourth-order valence-electron chi connectivity index (χ4n) is 3.20. The highest BCUT2D eigenvalue weighted by molar-refractivity contribution is 4.92. The first-order valence-corrected chi connectivity index (χ1v) is 6.75. The molecule has 3 nitrogen and oxygen atoms in total. The molecule has 0 amide bonds. The number of hydrogen-bond donors (Lipinski definition) is 1. The van der Waals surface area contributed by atoms with E-state index in [0.29, 0.717) is 5.41 Å². The van der Waals surface area contributed by atoms with Crippen molar-refractivity contribution in [3.8, 4) is 0 Å². The predicted octanol–water partition coefficient (Wildman–Crippen LogP) is 1.01. The maximum atomic E-state index is 3.53. The molecule has 2 fully saturated rings. The van der Waals surface area contributed by atoms with Crippen molar-refractivity contribution in [2.45, 2.75) is 32.2 Å². The number of hydrogen-bond acceptors (Lipinski definition) is 3. The summed E-state index contributed by atoms with van der Waals surface area (Å²) in [5.41, 5.74) is 0.571. The van der Waals surface area contributed by atoms with Crippen LogP contribution < -0.4 is 5.32 Å².